The van der Waals surface area contributed by atoms with Crippen LogP contribution in [0, 0.1) is 5.92 Å². The summed E-state index contributed by atoms with van der Waals surface area (Å²) >= 11 is 1.77. The second-order valence-corrected chi connectivity index (χ2v) is 5.41. The molecule has 1 unspecified atom stereocenters. The van der Waals surface area contributed by atoms with Crippen LogP contribution in [-0.4, -0.2) is 31.6 Å². The predicted octanol–water partition coefficient (Wildman–Crippen LogP) is 2.18. The van der Waals surface area contributed by atoms with Crippen LogP contribution >= 0.6 is 11.3 Å². The number of hydrogen-bond acceptors (Lipinski definition) is 3. The number of likely N-dealkylation sites (N-methyl/N-ethyl adjacent to an activating group) is 1. The minimum absolute atomic E-state index is 0.726. The van der Waals surface area contributed by atoms with Crippen molar-refractivity contribution in [1.82, 2.24) is 10.2 Å². The minimum atomic E-state index is 0.726. The zero-order valence-electron chi connectivity index (χ0n) is 9.57. The van der Waals surface area contributed by atoms with Gasteiger partial charge in [0.2, 0.25) is 0 Å². The second kappa shape index (κ2) is 5.10. The van der Waals surface area contributed by atoms with E-state index in [1.54, 1.807) is 11.3 Å². The van der Waals surface area contributed by atoms with Crippen molar-refractivity contribution in [3.8, 4) is 0 Å². The molecule has 3 heteroatoms. The van der Waals surface area contributed by atoms with Crippen molar-refractivity contribution < 1.29 is 0 Å². The molecule has 1 fully saturated rings. The van der Waals surface area contributed by atoms with E-state index in [9.17, 15) is 0 Å². The first-order valence-corrected chi connectivity index (χ1v) is 6.60. The maximum absolute atomic E-state index is 3.56. The summed E-state index contributed by atoms with van der Waals surface area (Å²) < 4.78 is 0. The fourth-order valence-electron chi connectivity index (χ4n) is 2.01. The molecule has 0 radical (unpaired) electrons. The van der Waals surface area contributed by atoms with Gasteiger partial charge < -0.3 is 10.2 Å². The Morgan fingerprint density at radius 3 is 2.87 bits per heavy atom. The number of nitrogens with one attached hydrogen (secondary N) is 1. The average Bonchev–Trinajstić information content (AvgIpc) is 2.89. The summed E-state index contributed by atoms with van der Waals surface area (Å²) in [5.74, 6) is 0.940. The summed E-state index contributed by atoms with van der Waals surface area (Å²) in [4.78, 5) is 2.36. The van der Waals surface area contributed by atoms with Gasteiger partial charge in [-0.3, -0.25) is 0 Å². The van der Waals surface area contributed by atoms with Crippen LogP contribution in [0.3, 0.4) is 0 Å². The molecule has 15 heavy (non-hydrogen) atoms. The van der Waals surface area contributed by atoms with E-state index in [1.165, 1.54) is 18.4 Å². The van der Waals surface area contributed by atoms with Crippen LogP contribution in [0.1, 0.15) is 18.4 Å². The Bertz CT molecular complexity index is 276. The Balaban J connectivity index is 1.71. The van der Waals surface area contributed by atoms with Gasteiger partial charge in [0.15, 0.2) is 0 Å². The largest absolute Gasteiger partial charge is 0.311 e. The van der Waals surface area contributed by atoms with Crippen molar-refractivity contribution in [3.63, 3.8) is 0 Å². The third-order valence-corrected chi connectivity index (χ3v) is 3.82. The van der Waals surface area contributed by atoms with Crippen LogP contribution in [0.25, 0.3) is 0 Å². The van der Waals surface area contributed by atoms with Gasteiger partial charge in [-0.15, -0.1) is 0 Å². The molecule has 2 nitrogen and oxygen atoms in total. The third-order valence-electron chi connectivity index (χ3n) is 3.09. The molecule has 1 N–H and O–H groups in total. The summed E-state index contributed by atoms with van der Waals surface area (Å²) in [6.45, 7) is 2.13. The highest BCUT2D eigenvalue weighted by molar-refractivity contribution is 7.07. The summed E-state index contributed by atoms with van der Waals surface area (Å²) in [7, 11) is 4.38. The molecule has 0 aliphatic heterocycles. The van der Waals surface area contributed by atoms with Gasteiger partial charge in [0.25, 0.3) is 0 Å². The fourth-order valence-corrected chi connectivity index (χ4v) is 2.68. The van der Waals surface area contributed by atoms with E-state index >= 15 is 0 Å². The van der Waals surface area contributed by atoms with Crippen molar-refractivity contribution >= 4 is 11.3 Å². The molecule has 0 aromatic carbocycles. The van der Waals surface area contributed by atoms with Gasteiger partial charge in [0.1, 0.15) is 0 Å². The van der Waals surface area contributed by atoms with Gasteiger partial charge in [-0.2, -0.15) is 11.3 Å². The Morgan fingerprint density at radius 1 is 1.53 bits per heavy atom. The summed E-state index contributed by atoms with van der Waals surface area (Å²) in [5.41, 5.74) is 1.41. The molecule has 0 bridgehead atoms. The molecular formula is C12H20N2S. The molecule has 1 atom stereocenters. The van der Waals surface area contributed by atoms with Crippen LogP contribution < -0.4 is 5.32 Å². The van der Waals surface area contributed by atoms with Crippen LogP contribution in [0.15, 0.2) is 16.8 Å². The SMILES string of the molecule is CN(C)C(CNCc1ccsc1)C1CC1. The van der Waals surface area contributed by atoms with Gasteiger partial charge in [0.05, 0.1) is 0 Å². The zero-order chi connectivity index (χ0) is 10.7. The first kappa shape index (κ1) is 11.1. The number of hydrogen-bond donors (Lipinski definition) is 1. The van der Waals surface area contributed by atoms with E-state index in [4.69, 9.17) is 0 Å². The van der Waals surface area contributed by atoms with E-state index in [2.05, 4.69) is 41.1 Å². The molecule has 0 saturated heterocycles. The van der Waals surface area contributed by atoms with Gasteiger partial charge >= 0.3 is 0 Å². The molecule has 1 heterocycles. The normalized spacial score (nSPS) is 18.3. The van der Waals surface area contributed by atoms with E-state index in [-0.39, 0.29) is 0 Å². The van der Waals surface area contributed by atoms with Crippen molar-refractivity contribution in [3.05, 3.63) is 22.4 Å². The summed E-state index contributed by atoms with van der Waals surface area (Å²) in [5, 5.41) is 7.91. The van der Waals surface area contributed by atoms with Gasteiger partial charge in [-0.25, -0.2) is 0 Å². The molecular weight excluding hydrogens is 204 g/mol. The van der Waals surface area contributed by atoms with Crippen LogP contribution in [0.2, 0.25) is 0 Å². The molecule has 1 aromatic heterocycles. The Morgan fingerprint density at radius 2 is 2.33 bits per heavy atom. The first-order chi connectivity index (χ1) is 7.27. The van der Waals surface area contributed by atoms with E-state index < -0.39 is 0 Å². The van der Waals surface area contributed by atoms with Crippen LogP contribution in [0.5, 0.6) is 0 Å². The van der Waals surface area contributed by atoms with Gasteiger partial charge in [-0.05, 0) is 55.2 Å². The minimum Gasteiger partial charge on any atom is -0.311 e. The molecule has 2 rings (SSSR count). The monoisotopic (exact) mass is 224 g/mol. The fraction of sp³-hybridized carbons (Fsp3) is 0.667. The zero-order valence-corrected chi connectivity index (χ0v) is 10.4. The van der Waals surface area contributed by atoms with Crippen molar-refractivity contribution in [2.24, 2.45) is 5.92 Å². The highest BCUT2D eigenvalue weighted by Crippen LogP contribution is 2.34. The second-order valence-electron chi connectivity index (χ2n) is 4.63. The van der Waals surface area contributed by atoms with Crippen molar-refractivity contribution in [2.75, 3.05) is 20.6 Å². The van der Waals surface area contributed by atoms with E-state index in [0.29, 0.717) is 0 Å². The van der Waals surface area contributed by atoms with E-state index in [0.717, 1.165) is 25.0 Å². The Kier molecular flexibility index (Phi) is 3.78. The molecule has 1 aliphatic rings. The predicted molar refractivity (Wildman–Crippen MR) is 66.2 cm³/mol. The van der Waals surface area contributed by atoms with Crippen molar-refractivity contribution in [2.45, 2.75) is 25.4 Å². The lowest BCUT2D eigenvalue weighted by molar-refractivity contribution is 0.255. The first-order valence-electron chi connectivity index (χ1n) is 5.65. The van der Waals surface area contributed by atoms with E-state index in [1.807, 2.05) is 0 Å². The topological polar surface area (TPSA) is 15.3 Å². The third kappa shape index (κ3) is 3.30. The molecule has 1 aliphatic carbocycles. The maximum Gasteiger partial charge on any atom is 0.0242 e. The maximum atomic E-state index is 3.56. The molecule has 0 spiro atoms. The smallest absolute Gasteiger partial charge is 0.0242 e. The number of nitrogens with zero attached hydrogens (tertiary/aromatic N) is 1. The number of thiophene rings is 1. The highest BCUT2D eigenvalue weighted by Gasteiger charge is 2.31. The Hall–Kier alpha value is -0.380. The quantitative estimate of drug-likeness (QED) is 0.797. The number of rotatable bonds is 6. The summed E-state index contributed by atoms with van der Waals surface area (Å²) in [6, 6.07) is 2.92. The summed E-state index contributed by atoms with van der Waals surface area (Å²) in [6.07, 6.45) is 2.84. The van der Waals surface area contributed by atoms with Gasteiger partial charge in [-0.1, -0.05) is 0 Å². The van der Waals surface area contributed by atoms with Gasteiger partial charge in [0, 0.05) is 19.1 Å². The lowest BCUT2D eigenvalue weighted by Crippen LogP contribution is -2.39. The molecule has 0 amide bonds. The van der Waals surface area contributed by atoms with Crippen molar-refractivity contribution in [1.29, 1.82) is 0 Å². The highest BCUT2D eigenvalue weighted by atomic mass is 32.1. The lowest BCUT2D eigenvalue weighted by Gasteiger charge is -2.24. The average molecular weight is 224 g/mol. The lowest BCUT2D eigenvalue weighted by atomic mass is 10.1. The molecule has 84 valence electrons. The van der Waals surface area contributed by atoms with Crippen LogP contribution in [-0.2, 0) is 6.54 Å². The molecule has 1 aromatic rings. The van der Waals surface area contributed by atoms with Crippen LogP contribution in [0.4, 0.5) is 0 Å². The standard InChI is InChI=1S/C12H20N2S/c1-14(2)12(11-3-4-11)8-13-7-10-5-6-15-9-10/h5-6,9,11-13H,3-4,7-8H2,1-2H3. The Labute approximate surface area is 96.3 Å². The molecule has 1 saturated carbocycles.